The summed E-state index contributed by atoms with van der Waals surface area (Å²) >= 11 is 1.74. The Hall–Kier alpha value is -1.94. The van der Waals surface area contributed by atoms with Crippen molar-refractivity contribution < 1.29 is 9.53 Å². The highest BCUT2D eigenvalue weighted by molar-refractivity contribution is 7.99. The van der Waals surface area contributed by atoms with Gasteiger partial charge in [0, 0.05) is 30.8 Å². The van der Waals surface area contributed by atoms with E-state index in [0.717, 1.165) is 60.7 Å². The van der Waals surface area contributed by atoms with Crippen LogP contribution in [0.2, 0.25) is 0 Å². The molecule has 2 aliphatic rings. The Balaban J connectivity index is 1.45. The fourth-order valence-electron chi connectivity index (χ4n) is 4.02. The number of ether oxygens (including phenoxy) is 1. The summed E-state index contributed by atoms with van der Waals surface area (Å²) in [5.41, 5.74) is 2.05. The van der Waals surface area contributed by atoms with Crippen LogP contribution in [0.1, 0.15) is 42.1 Å². The highest BCUT2D eigenvalue weighted by Gasteiger charge is 2.40. The fraction of sp³-hybridized carbons (Fsp3) is 0.409. The van der Waals surface area contributed by atoms with Crippen LogP contribution in [0.15, 0.2) is 53.4 Å². The molecule has 0 saturated carbocycles. The molecule has 0 radical (unpaired) electrons. The smallest absolute Gasteiger partial charge is 0.254 e. The van der Waals surface area contributed by atoms with Gasteiger partial charge in [0.05, 0.1) is 5.56 Å². The number of para-hydroxylation sites is 1. The van der Waals surface area contributed by atoms with Gasteiger partial charge in [-0.1, -0.05) is 37.3 Å². The average molecular weight is 368 g/mol. The molecule has 0 atom stereocenters. The number of aryl methyl sites for hydroxylation is 1. The number of hydrogen-bond acceptors (Lipinski definition) is 3. The molecule has 1 fully saturated rings. The van der Waals surface area contributed by atoms with E-state index in [0.29, 0.717) is 0 Å². The summed E-state index contributed by atoms with van der Waals surface area (Å²) < 4.78 is 6.41. The molecule has 4 rings (SSSR count). The maximum absolute atomic E-state index is 13.0. The standard InChI is InChI=1S/C22H25NO2S/c1-2-26-20-10-6-4-8-18(20)21(24)23-15-13-22(14-16-23)12-11-17-7-3-5-9-19(17)25-22/h3-10H,2,11-16H2,1H3. The van der Waals surface area contributed by atoms with Gasteiger partial charge in [-0.15, -0.1) is 11.8 Å². The maximum atomic E-state index is 13.0. The molecule has 3 nitrogen and oxygen atoms in total. The summed E-state index contributed by atoms with van der Waals surface area (Å²) in [5, 5.41) is 0. The highest BCUT2D eigenvalue weighted by atomic mass is 32.2. The minimum Gasteiger partial charge on any atom is -0.487 e. The van der Waals surface area contributed by atoms with Gasteiger partial charge < -0.3 is 9.64 Å². The average Bonchev–Trinajstić information content (AvgIpc) is 2.69. The van der Waals surface area contributed by atoms with Crippen LogP contribution in [0.25, 0.3) is 0 Å². The van der Waals surface area contributed by atoms with Crippen molar-refractivity contribution in [3.8, 4) is 5.75 Å². The molecule has 2 aliphatic heterocycles. The Bertz CT molecular complexity index is 796. The third kappa shape index (κ3) is 3.35. The van der Waals surface area contributed by atoms with Crippen molar-refractivity contribution in [3.05, 3.63) is 59.7 Å². The molecule has 26 heavy (non-hydrogen) atoms. The molecular weight excluding hydrogens is 342 g/mol. The molecule has 0 unspecified atom stereocenters. The topological polar surface area (TPSA) is 29.5 Å². The summed E-state index contributed by atoms with van der Waals surface area (Å²) in [6, 6.07) is 16.3. The van der Waals surface area contributed by atoms with Gasteiger partial charge in [-0.25, -0.2) is 0 Å². The van der Waals surface area contributed by atoms with Crippen LogP contribution in [-0.2, 0) is 6.42 Å². The number of rotatable bonds is 3. The quantitative estimate of drug-likeness (QED) is 0.730. The van der Waals surface area contributed by atoms with Crippen LogP contribution < -0.4 is 4.74 Å². The molecule has 2 aromatic rings. The molecular formula is C22H25NO2S. The second kappa shape index (κ2) is 7.36. The van der Waals surface area contributed by atoms with Gasteiger partial charge in [-0.3, -0.25) is 4.79 Å². The molecule has 0 aromatic heterocycles. The van der Waals surface area contributed by atoms with Crippen LogP contribution in [0.3, 0.4) is 0 Å². The highest BCUT2D eigenvalue weighted by Crippen LogP contribution is 2.39. The van der Waals surface area contributed by atoms with E-state index in [9.17, 15) is 4.79 Å². The predicted octanol–water partition coefficient (Wildman–Crippen LogP) is 4.80. The van der Waals surface area contributed by atoms with Crippen LogP contribution >= 0.6 is 11.8 Å². The van der Waals surface area contributed by atoms with E-state index >= 15 is 0 Å². The largest absolute Gasteiger partial charge is 0.487 e. The molecule has 2 heterocycles. The van der Waals surface area contributed by atoms with Crippen molar-refractivity contribution in [1.82, 2.24) is 4.90 Å². The normalized spacial score (nSPS) is 18.3. The number of piperidine rings is 1. The van der Waals surface area contributed by atoms with E-state index in [1.54, 1.807) is 11.8 Å². The van der Waals surface area contributed by atoms with Crippen molar-refractivity contribution >= 4 is 17.7 Å². The van der Waals surface area contributed by atoms with Crippen molar-refractivity contribution in [2.75, 3.05) is 18.8 Å². The SMILES string of the molecule is CCSc1ccccc1C(=O)N1CCC2(CCc3ccccc3O2)CC1. The molecule has 136 valence electrons. The fourth-order valence-corrected chi connectivity index (χ4v) is 4.82. The molecule has 1 amide bonds. The second-order valence-electron chi connectivity index (χ2n) is 7.11. The summed E-state index contributed by atoms with van der Waals surface area (Å²) in [6.07, 6.45) is 3.95. The molecule has 1 saturated heterocycles. The van der Waals surface area contributed by atoms with E-state index in [-0.39, 0.29) is 11.5 Å². The zero-order valence-corrected chi connectivity index (χ0v) is 16.1. The summed E-state index contributed by atoms with van der Waals surface area (Å²) in [5.74, 6) is 2.16. The first-order valence-corrected chi connectivity index (χ1v) is 10.5. The van der Waals surface area contributed by atoms with E-state index in [4.69, 9.17) is 4.74 Å². The van der Waals surface area contributed by atoms with Gasteiger partial charge in [-0.2, -0.15) is 0 Å². The van der Waals surface area contributed by atoms with Crippen molar-refractivity contribution in [3.63, 3.8) is 0 Å². The van der Waals surface area contributed by atoms with Crippen LogP contribution in [0.4, 0.5) is 0 Å². The Morgan fingerprint density at radius 1 is 1.08 bits per heavy atom. The number of carbonyl (C=O) groups excluding carboxylic acids is 1. The first-order valence-electron chi connectivity index (χ1n) is 9.49. The van der Waals surface area contributed by atoms with Crippen molar-refractivity contribution in [1.29, 1.82) is 0 Å². The lowest BCUT2D eigenvalue weighted by Crippen LogP contribution is -2.51. The number of amides is 1. The first-order chi connectivity index (χ1) is 12.7. The van der Waals surface area contributed by atoms with Gasteiger partial charge in [0.2, 0.25) is 0 Å². The molecule has 0 aliphatic carbocycles. The number of hydrogen-bond donors (Lipinski definition) is 0. The number of fused-ring (bicyclic) bond motifs is 1. The molecule has 0 bridgehead atoms. The van der Waals surface area contributed by atoms with Gasteiger partial charge in [-0.05, 0) is 42.4 Å². The van der Waals surface area contributed by atoms with E-state index in [1.165, 1.54) is 5.56 Å². The molecule has 0 N–H and O–H groups in total. The minimum absolute atomic E-state index is 0.0944. The third-order valence-electron chi connectivity index (χ3n) is 5.53. The van der Waals surface area contributed by atoms with E-state index in [2.05, 4.69) is 25.1 Å². The maximum Gasteiger partial charge on any atom is 0.254 e. The minimum atomic E-state index is -0.0944. The Kier molecular flexibility index (Phi) is 4.94. The van der Waals surface area contributed by atoms with E-state index < -0.39 is 0 Å². The van der Waals surface area contributed by atoms with Gasteiger partial charge in [0.1, 0.15) is 11.4 Å². The lowest BCUT2D eigenvalue weighted by atomic mass is 9.83. The van der Waals surface area contributed by atoms with Crippen molar-refractivity contribution in [2.24, 2.45) is 0 Å². The summed E-state index contributed by atoms with van der Waals surface area (Å²) in [4.78, 5) is 16.1. The van der Waals surface area contributed by atoms with Crippen LogP contribution in [-0.4, -0.2) is 35.3 Å². The number of likely N-dealkylation sites (tertiary alicyclic amines) is 1. The molecule has 1 spiro atoms. The number of carbonyl (C=O) groups is 1. The number of nitrogens with zero attached hydrogens (tertiary/aromatic N) is 1. The Labute approximate surface area is 159 Å². The number of thioether (sulfide) groups is 1. The summed E-state index contributed by atoms with van der Waals surface area (Å²) in [7, 11) is 0. The summed E-state index contributed by atoms with van der Waals surface area (Å²) in [6.45, 7) is 3.66. The third-order valence-corrected chi connectivity index (χ3v) is 6.48. The van der Waals surface area contributed by atoms with Crippen molar-refractivity contribution in [2.45, 2.75) is 43.1 Å². The van der Waals surface area contributed by atoms with Crippen LogP contribution in [0.5, 0.6) is 5.75 Å². The molecule has 4 heteroatoms. The lowest BCUT2D eigenvalue weighted by molar-refractivity contribution is -0.0107. The van der Waals surface area contributed by atoms with Gasteiger partial charge in [0.25, 0.3) is 5.91 Å². The van der Waals surface area contributed by atoms with Gasteiger partial charge >= 0.3 is 0 Å². The first kappa shape index (κ1) is 17.5. The van der Waals surface area contributed by atoms with Crippen LogP contribution in [0, 0.1) is 0 Å². The zero-order valence-electron chi connectivity index (χ0n) is 15.2. The zero-order chi connectivity index (χ0) is 18.0. The Morgan fingerprint density at radius 2 is 1.81 bits per heavy atom. The van der Waals surface area contributed by atoms with E-state index in [1.807, 2.05) is 35.2 Å². The Morgan fingerprint density at radius 3 is 2.62 bits per heavy atom. The second-order valence-corrected chi connectivity index (χ2v) is 8.42. The lowest BCUT2D eigenvalue weighted by Gasteiger charge is -2.44. The number of benzene rings is 2. The monoisotopic (exact) mass is 367 g/mol. The van der Waals surface area contributed by atoms with Gasteiger partial charge in [0.15, 0.2) is 0 Å². The predicted molar refractivity (Wildman–Crippen MR) is 106 cm³/mol. The molecule has 2 aromatic carbocycles.